The monoisotopic (exact) mass is 319 g/mol. The molecule has 0 radical (unpaired) electrons. The summed E-state index contributed by atoms with van der Waals surface area (Å²) in [5, 5.41) is 0.00672. The number of H-pyrrole nitrogens is 1. The maximum absolute atomic E-state index is 12.4. The van der Waals surface area contributed by atoms with Crippen LogP contribution in [-0.4, -0.2) is 33.9 Å². The summed E-state index contributed by atoms with van der Waals surface area (Å²) in [5.74, 6) is -0.196. The van der Waals surface area contributed by atoms with Gasteiger partial charge in [-0.05, 0) is 37.6 Å². The van der Waals surface area contributed by atoms with E-state index in [-0.39, 0.29) is 17.0 Å². The summed E-state index contributed by atoms with van der Waals surface area (Å²) in [6.45, 7) is 3.96. The number of aryl methyl sites for hydroxylation is 1. The minimum Gasteiger partial charge on any atom is -0.339 e. The number of aromatic amines is 1. The van der Waals surface area contributed by atoms with Crippen LogP contribution in [0.1, 0.15) is 28.5 Å². The van der Waals surface area contributed by atoms with E-state index in [9.17, 15) is 9.59 Å². The Balaban J connectivity index is 2.12. The Morgan fingerprint density at radius 3 is 2.82 bits per heavy atom. The fourth-order valence-corrected chi connectivity index (χ4v) is 2.31. The van der Waals surface area contributed by atoms with E-state index in [0.29, 0.717) is 12.0 Å². The molecule has 6 heteroatoms. The van der Waals surface area contributed by atoms with Gasteiger partial charge in [-0.3, -0.25) is 14.6 Å². The van der Waals surface area contributed by atoms with Gasteiger partial charge in [0.25, 0.3) is 11.5 Å². The van der Waals surface area contributed by atoms with Gasteiger partial charge in [-0.25, -0.2) is 0 Å². The topological polar surface area (TPSA) is 66.1 Å². The second-order valence-electron chi connectivity index (χ2n) is 5.36. The van der Waals surface area contributed by atoms with Crippen LogP contribution in [0.15, 0.2) is 35.4 Å². The minimum atomic E-state index is -0.405. The zero-order valence-electron chi connectivity index (χ0n) is 12.8. The third-order valence-electron chi connectivity index (χ3n) is 3.56. The van der Waals surface area contributed by atoms with Crippen molar-refractivity contribution in [2.45, 2.75) is 26.3 Å². The number of pyridine rings is 2. The van der Waals surface area contributed by atoms with Crippen LogP contribution in [0.3, 0.4) is 0 Å². The SMILES string of the molecule is Cc1ccnc(C[C@H](C)N(C)C(=O)c2c[nH]c(=O)c(Cl)c2)c1. The highest BCUT2D eigenvalue weighted by Gasteiger charge is 2.19. The molecule has 2 heterocycles. The first-order valence-electron chi connectivity index (χ1n) is 6.95. The molecule has 0 saturated heterocycles. The number of nitrogens with zero attached hydrogens (tertiary/aromatic N) is 2. The first kappa shape index (κ1) is 16.2. The van der Waals surface area contributed by atoms with Gasteiger partial charge in [-0.1, -0.05) is 11.6 Å². The number of aromatic nitrogens is 2. The molecule has 1 atom stereocenters. The van der Waals surface area contributed by atoms with Gasteiger partial charge in [-0.2, -0.15) is 0 Å². The Kier molecular flexibility index (Phi) is 4.98. The average molecular weight is 320 g/mol. The summed E-state index contributed by atoms with van der Waals surface area (Å²) in [6, 6.07) is 5.29. The maximum Gasteiger partial charge on any atom is 0.266 e. The minimum absolute atomic E-state index is 0.00672. The Morgan fingerprint density at radius 1 is 1.45 bits per heavy atom. The lowest BCUT2D eigenvalue weighted by atomic mass is 10.1. The van der Waals surface area contributed by atoms with E-state index >= 15 is 0 Å². The second-order valence-corrected chi connectivity index (χ2v) is 5.77. The van der Waals surface area contributed by atoms with Gasteiger partial charge < -0.3 is 9.88 Å². The molecule has 0 saturated carbocycles. The Hall–Kier alpha value is -2.14. The van der Waals surface area contributed by atoms with Crippen LogP contribution in [0, 0.1) is 6.92 Å². The molecule has 1 amide bonds. The Labute approximate surface area is 134 Å². The highest BCUT2D eigenvalue weighted by Crippen LogP contribution is 2.12. The molecule has 2 aromatic rings. The molecule has 1 N–H and O–H groups in total. The van der Waals surface area contributed by atoms with E-state index in [1.165, 1.54) is 12.3 Å². The number of carbonyl (C=O) groups excluding carboxylic acids is 1. The molecule has 0 aromatic carbocycles. The molecule has 0 unspecified atom stereocenters. The van der Waals surface area contributed by atoms with Gasteiger partial charge >= 0.3 is 0 Å². The van der Waals surface area contributed by atoms with E-state index in [1.54, 1.807) is 18.1 Å². The quantitative estimate of drug-likeness (QED) is 0.941. The molecule has 5 nitrogen and oxygen atoms in total. The fraction of sp³-hybridized carbons (Fsp3) is 0.312. The van der Waals surface area contributed by atoms with Crippen molar-refractivity contribution in [1.82, 2.24) is 14.9 Å². The van der Waals surface area contributed by atoms with E-state index in [1.807, 2.05) is 26.0 Å². The summed E-state index contributed by atoms with van der Waals surface area (Å²) in [4.78, 5) is 32.1. The maximum atomic E-state index is 12.4. The number of halogens is 1. The molecular formula is C16H18ClN3O2. The molecule has 22 heavy (non-hydrogen) atoms. The fourth-order valence-electron chi connectivity index (χ4n) is 2.13. The van der Waals surface area contributed by atoms with Crippen molar-refractivity contribution in [3.63, 3.8) is 0 Å². The van der Waals surface area contributed by atoms with Gasteiger partial charge in [0.2, 0.25) is 0 Å². The molecule has 0 aliphatic heterocycles. The van der Waals surface area contributed by atoms with Crippen molar-refractivity contribution in [1.29, 1.82) is 0 Å². The highest BCUT2D eigenvalue weighted by molar-refractivity contribution is 6.30. The Morgan fingerprint density at radius 2 is 2.18 bits per heavy atom. The number of hydrogen-bond donors (Lipinski definition) is 1. The van der Waals surface area contributed by atoms with Crippen molar-refractivity contribution in [2.24, 2.45) is 0 Å². The molecule has 0 aliphatic carbocycles. The summed E-state index contributed by atoms with van der Waals surface area (Å²) >= 11 is 5.76. The van der Waals surface area contributed by atoms with Crippen LogP contribution in [0.25, 0.3) is 0 Å². The smallest absolute Gasteiger partial charge is 0.266 e. The predicted octanol–water partition coefficient (Wildman–Crippen LogP) is 2.43. The van der Waals surface area contributed by atoms with Crippen molar-refractivity contribution >= 4 is 17.5 Å². The molecular weight excluding hydrogens is 302 g/mol. The third-order valence-corrected chi connectivity index (χ3v) is 3.84. The molecule has 2 rings (SSSR count). The summed E-state index contributed by atoms with van der Waals surface area (Å²) in [7, 11) is 1.72. The van der Waals surface area contributed by atoms with Crippen LogP contribution in [0.4, 0.5) is 0 Å². The lowest BCUT2D eigenvalue weighted by Crippen LogP contribution is -2.37. The molecule has 0 bridgehead atoms. The lowest BCUT2D eigenvalue weighted by molar-refractivity contribution is 0.0742. The number of hydrogen-bond acceptors (Lipinski definition) is 3. The van der Waals surface area contributed by atoms with Crippen LogP contribution < -0.4 is 5.56 Å². The number of carbonyl (C=O) groups is 1. The van der Waals surface area contributed by atoms with Crippen molar-refractivity contribution < 1.29 is 4.79 Å². The van der Waals surface area contributed by atoms with Gasteiger partial charge in [0.15, 0.2) is 0 Å². The van der Waals surface area contributed by atoms with E-state index < -0.39 is 5.56 Å². The summed E-state index contributed by atoms with van der Waals surface area (Å²) < 4.78 is 0. The van der Waals surface area contributed by atoms with E-state index in [2.05, 4.69) is 9.97 Å². The van der Waals surface area contributed by atoms with Gasteiger partial charge in [0.05, 0.1) is 5.56 Å². The Bertz CT molecular complexity index is 742. The predicted molar refractivity (Wildman–Crippen MR) is 86.3 cm³/mol. The third kappa shape index (κ3) is 3.74. The number of likely N-dealkylation sites (N-methyl/N-ethyl adjacent to an activating group) is 1. The number of nitrogens with one attached hydrogen (secondary N) is 1. The normalized spacial score (nSPS) is 12.0. The molecule has 0 spiro atoms. The first-order chi connectivity index (χ1) is 10.4. The molecule has 2 aromatic heterocycles. The zero-order valence-corrected chi connectivity index (χ0v) is 13.5. The number of amides is 1. The lowest BCUT2D eigenvalue weighted by Gasteiger charge is -2.25. The van der Waals surface area contributed by atoms with Crippen LogP contribution in [-0.2, 0) is 6.42 Å². The summed E-state index contributed by atoms with van der Waals surface area (Å²) in [5.41, 5.74) is 2.03. The van der Waals surface area contributed by atoms with Crippen molar-refractivity contribution in [3.8, 4) is 0 Å². The van der Waals surface area contributed by atoms with Gasteiger partial charge in [-0.15, -0.1) is 0 Å². The van der Waals surface area contributed by atoms with Crippen LogP contribution >= 0.6 is 11.6 Å². The average Bonchev–Trinajstić information content (AvgIpc) is 2.48. The standard InChI is InChI=1S/C16H18ClN3O2/c1-10-4-5-18-13(6-10)7-11(2)20(3)16(22)12-8-14(17)15(21)19-9-12/h4-6,8-9,11H,7H2,1-3H3,(H,19,21)/t11-/m0/s1. The summed E-state index contributed by atoms with van der Waals surface area (Å²) in [6.07, 6.45) is 3.80. The van der Waals surface area contributed by atoms with Crippen molar-refractivity contribution in [3.05, 3.63) is 62.8 Å². The molecule has 116 valence electrons. The number of rotatable bonds is 4. The second kappa shape index (κ2) is 6.75. The van der Waals surface area contributed by atoms with Gasteiger partial charge in [0.1, 0.15) is 5.02 Å². The van der Waals surface area contributed by atoms with E-state index in [4.69, 9.17) is 11.6 Å². The first-order valence-corrected chi connectivity index (χ1v) is 7.33. The largest absolute Gasteiger partial charge is 0.339 e. The van der Waals surface area contributed by atoms with Crippen molar-refractivity contribution in [2.75, 3.05) is 7.05 Å². The molecule has 0 fully saturated rings. The van der Waals surface area contributed by atoms with Gasteiger partial charge in [0, 0.05) is 37.6 Å². The highest BCUT2D eigenvalue weighted by atomic mass is 35.5. The van der Waals surface area contributed by atoms with E-state index in [0.717, 1.165) is 11.3 Å². The molecule has 0 aliphatic rings. The zero-order chi connectivity index (χ0) is 16.3. The van der Waals surface area contributed by atoms with Crippen LogP contribution in [0.2, 0.25) is 5.02 Å². The van der Waals surface area contributed by atoms with Crippen LogP contribution in [0.5, 0.6) is 0 Å².